The van der Waals surface area contributed by atoms with Crippen LogP contribution in [0.15, 0.2) is 170 Å². The predicted octanol–water partition coefficient (Wildman–Crippen LogP) is 4.44. The molecule has 6 heterocycles. The minimum absolute atomic E-state index is 0. The van der Waals surface area contributed by atoms with E-state index in [0.717, 1.165) is 11.4 Å². The normalized spacial score (nSPS) is 14.4. The van der Waals surface area contributed by atoms with Crippen molar-refractivity contribution in [2.24, 2.45) is 0 Å². The van der Waals surface area contributed by atoms with E-state index in [9.17, 15) is 0 Å². The van der Waals surface area contributed by atoms with Gasteiger partial charge in [0, 0.05) is 12.4 Å². The van der Waals surface area contributed by atoms with Crippen LogP contribution in [0, 0.1) is 12.1 Å². The van der Waals surface area contributed by atoms with E-state index in [4.69, 9.17) is 9.97 Å². The molecule has 240 valence electrons. The zero-order valence-corrected chi connectivity index (χ0v) is 31.6. The molecule has 2 nitrogen and oxygen atoms in total. The van der Waals surface area contributed by atoms with Crippen molar-refractivity contribution in [3.8, 4) is 44.8 Å². The van der Waals surface area contributed by atoms with E-state index in [0.29, 0.717) is 0 Å². The molecule has 5 heteroatoms. The smallest absolute Gasteiger partial charge is 0.305 e. The predicted molar refractivity (Wildman–Crippen MR) is 209 cm³/mol. The van der Waals surface area contributed by atoms with Crippen molar-refractivity contribution in [2.75, 3.05) is 0 Å². The number of benzene rings is 6. The van der Waals surface area contributed by atoms with Gasteiger partial charge < -0.3 is 9.97 Å². The van der Waals surface area contributed by atoms with Gasteiger partial charge in [-0.3, -0.25) is 0 Å². The van der Waals surface area contributed by atoms with Gasteiger partial charge in [0.05, 0.1) is 0 Å². The number of hydrogen-bond acceptors (Lipinski definition) is 2. The third kappa shape index (κ3) is 3.80. The van der Waals surface area contributed by atoms with Crippen molar-refractivity contribution in [1.29, 1.82) is 0 Å². The molecule has 2 aromatic heterocycles. The molecule has 51 heavy (non-hydrogen) atoms. The average Bonchev–Trinajstić information content (AvgIpc) is 3.88. The fourth-order valence-electron chi connectivity index (χ4n) is 9.63. The van der Waals surface area contributed by atoms with Crippen molar-refractivity contribution in [3.63, 3.8) is 0 Å². The number of rotatable bonds is 0. The molecular formula is C46H28N2PtSi2. The maximum absolute atomic E-state index is 4.77. The molecule has 4 aliphatic heterocycles. The molecule has 0 radical (unpaired) electrons. The molecule has 0 unspecified atom stereocenters. The molecule has 0 atom stereocenters. The quantitative estimate of drug-likeness (QED) is 0.167. The Hall–Kier alpha value is -5.26. The van der Waals surface area contributed by atoms with Crippen LogP contribution in [0.5, 0.6) is 0 Å². The second-order valence-corrected chi connectivity index (χ2v) is 20.7. The molecular weight excluding hydrogens is 832 g/mol. The SMILES string of the molecule is [Pt+2].[c-]1cccc2c1-c1ncccc1[Si]21c2ccccc2-c2ccccc21.[c-]1cccc2c1-c1ncccc1[Si]21c2ccccc2-c2ccccc21. The van der Waals surface area contributed by atoms with Gasteiger partial charge in [-0.1, -0.05) is 120 Å². The van der Waals surface area contributed by atoms with Crippen LogP contribution >= 0.6 is 0 Å². The fourth-order valence-corrected chi connectivity index (χ4v) is 20.6. The number of nitrogens with zero attached hydrogens (tertiary/aromatic N) is 2. The number of aromatic nitrogens is 2. The van der Waals surface area contributed by atoms with E-state index in [2.05, 4.69) is 158 Å². The van der Waals surface area contributed by atoms with Crippen LogP contribution in [-0.2, 0) is 21.1 Å². The number of pyridine rings is 2. The molecule has 0 saturated heterocycles. The first-order valence-corrected chi connectivity index (χ1v) is 21.2. The van der Waals surface area contributed by atoms with Crippen molar-refractivity contribution in [1.82, 2.24) is 9.97 Å². The second kappa shape index (κ2) is 11.4. The van der Waals surface area contributed by atoms with Gasteiger partial charge in [0.25, 0.3) is 0 Å². The Kier molecular flexibility index (Phi) is 6.82. The maximum atomic E-state index is 4.77. The Morgan fingerprint density at radius 2 is 0.647 bits per heavy atom. The molecule has 4 aliphatic rings. The van der Waals surface area contributed by atoms with Gasteiger partial charge in [0.15, 0.2) is 0 Å². The minimum Gasteiger partial charge on any atom is -0.305 e. The van der Waals surface area contributed by atoms with Crippen LogP contribution in [0.2, 0.25) is 0 Å². The van der Waals surface area contributed by atoms with E-state index in [1.54, 1.807) is 0 Å². The van der Waals surface area contributed by atoms with Crippen LogP contribution in [0.1, 0.15) is 0 Å². The Morgan fingerprint density at radius 3 is 1.02 bits per heavy atom. The molecule has 2 spiro atoms. The number of hydrogen-bond donors (Lipinski definition) is 0. The summed E-state index contributed by atoms with van der Waals surface area (Å²) >= 11 is 0. The van der Waals surface area contributed by atoms with Crippen LogP contribution < -0.4 is 41.5 Å². The summed E-state index contributed by atoms with van der Waals surface area (Å²) in [6.45, 7) is 0. The summed E-state index contributed by atoms with van der Waals surface area (Å²) in [7, 11) is -4.49. The summed E-state index contributed by atoms with van der Waals surface area (Å²) in [4.78, 5) is 9.54. The Balaban J connectivity index is 0.000000126. The molecule has 8 aromatic rings. The molecule has 0 bridgehead atoms. The first kappa shape index (κ1) is 30.6. The Bertz CT molecular complexity index is 2140. The zero-order valence-electron chi connectivity index (χ0n) is 27.4. The third-order valence-electron chi connectivity index (χ3n) is 11.3. The van der Waals surface area contributed by atoms with Crippen molar-refractivity contribution >= 4 is 57.6 Å². The van der Waals surface area contributed by atoms with E-state index in [1.165, 1.54) is 74.9 Å². The van der Waals surface area contributed by atoms with E-state index >= 15 is 0 Å². The van der Waals surface area contributed by atoms with Gasteiger partial charge in [0.2, 0.25) is 0 Å². The molecule has 12 rings (SSSR count). The molecule has 0 fully saturated rings. The summed E-state index contributed by atoms with van der Waals surface area (Å²) in [6, 6.07) is 64.4. The second-order valence-electron chi connectivity index (χ2n) is 13.4. The van der Waals surface area contributed by atoms with E-state index < -0.39 is 16.1 Å². The Labute approximate surface area is 313 Å². The van der Waals surface area contributed by atoms with Crippen LogP contribution in [0.25, 0.3) is 44.8 Å². The summed E-state index contributed by atoms with van der Waals surface area (Å²) in [5, 5.41) is 11.6. The van der Waals surface area contributed by atoms with Crippen LogP contribution in [-0.4, -0.2) is 26.1 Å². The molecule has 0 amide bonds. The van der Waals surface area contributed by atoms with Crippen molar-refractivity contribution < 1.29 is 21.1 Å². The van der Waals surface area contributed by atoms with Gasteiger partial charge in [0.1, 0.15) is 16.1 Å². The first-order valence-electron chi connectivity index (χ1n) is 17.2. The van der Waals surface area contributed by atoms with Gasteiger partial charge >= 0.3 is 21.1 Å². The van der Waals surface area contributed by atoms with Gasteiger partial charge in [-0.05, 0) is 66.5 Å². The monoisotopic (exact) mass is 859 g/mol. The molecule has 0 saturated carbocycles. The maximum Gasteiger partial charge on any atom is 2.00 e. The fraction of sp³-hybridized carbons (Fsp3) is 0. The standard InChI is InChI=1S/2C23H14NSi.Pt/c2*1-4-11-19-16(8-1)17-9-2-5-12-20(17)25(19)21-13-6-3-10-18(21)23-22(25)14-7-15-24-23;/h2*1-9,11-15H;/q2*-1;+2. The van der Waals surface area contributed by atoms with Gasteiger partial charge in [-0.15, -0.1) is 70.0 Å². The van der Waals surface area contributed by atoms with Crippen LogP contribution in [0.4, 0.5) is 0 Å². The van der Waals surface area contributed by atoms with Gasteiger partial charge in [-0.25, -0.2) is 0 Å². The molecule has 0 aliphatic carbocycles. The van der Waals surface area contributed by atoms with Gasteiger partial charge in [-0.2, -0.15) is 0 Å². The molecule has 6 aromatic carbocycles. The Morgan fingerprint density at radius 1 is 0.333 bits per heavy atom. The zero-order chi connectivity index (χ0) is 32.9. The first-order chi connectivity index (χ1) is 24.8. The summed E-state index contributed by atoms with van der Waals surface area (Å²) in [5.74, 6) is 0. The van der Waals surface area contributed by atoms with Crippen molar-refractivity contribution in [3.05, 3.63) is 182 Å². The minimum atomic E-state index is -2.25. The third-order valence-corrected chi connectivity index (χ3v) is 21.2. The summed E-state index contributed by atoms with van der Waals surface area (Å²) in [6.07, 6.45) is 3.81. The number of fused-ring (bicyclic) bond motifs is 20. The molecule has 0 N–H and O–H groups in total. The summed E-state index contributed by atoms with van der Waals surface area (Å²) < 4.78 is 0. The van der Waals surface area contributed by atoms with E-state index in [1.807, 2.05) is 24.5 Å². The van der Waals surface area contributed by atoms with E-state index in [-0.39, 0.29) is 21.1 Å². The topological polar surface area (TPSA) is 25.8 Å². The van der Waals surface area contributed by atoms with Crippen LogP contribution in [0.3, 0.4) is 0 Å². The summed E-state index contributed by atoms with van der Waals surface area (Å²) in [5.41, 5.74) is 10.2. The largest absolute Gasteiger partial charge is 2.00 e. The van der Waals surface area contributed by atoms with Crippen molar-refractivity contribution in [2.45, 2.75) is 0 Å². The average molecular weight is 860 g/mol.